The fraction of sp³-hybridized carbons (Fsp3) is 0.450. The van der Waals surface area contributed by atoms with Crippen LogP contribution in [-0.2, 0) is 6.54 Å². The van der Waals surface area contributed by atoms with Gasteiger partial charge in [-0.3, -0.25) is 0 Å². The van der Waals surface area contributed by atoms with E-state index in [2.05, 4.69) is 25.6 Å². The van der Waals surface area contributed by atoms with Crippen molar-refractivity contribution < 1.29 is 14.6 Å². The molecule has 8 nitrogen and oxygen atoms in total. The van der Waals surface area contributed by atoms with Crippen LogP contribution in [0.2, 0.25) is 0 Å². The maximum Gasteiger partial charge on any atom is 0.227 e. The maximum atomic E-state index is 13.5. The largest absolute Gasteiger partial charge is 0.508 e. The van der Waals surface area contributed by atoms with E-state index in [4.69, 9.17) is 0 Å². The van der Waals surface area contributed by atoms with Gasteiger partial charge in [-0.2, -0.15) is 9.97 Å². The van der Waals surface area contributed by atoms with Crippen LogP contribution in [0.4, 0.5) is 16.2 Å². The number of halogens is 1. The van der Waals surface area contributed by atoms with Gasteiger partial charge in [0.25, 0.3) is 0 Å². The highest BCUT2D eigenvalue weighted by atomic mass is 19.1. The first-order chi connectivity index (χ1) is 13.6. The maximum absolute atomic E-state index is 13.5. The minimum absolute atomic E-state index is 0.00842. The topological polar surface area (TPSA) is 108 Å². The molecule has 0 aliphatic carbocycles. The third-order valence-electron chi connectivity index (χ3n) is 4.87. The summed E-state index contributed by atoms with van der Waals surface area (Å²) in [6.07, 6.45) is 1.69. The summed E-state index contributed by atoms with van der Waals surface area (Å²) >= 11 is 0. The van der Waals surface area contributed by atoms with Crippen molar-refractivity contribution in [2.45, 2.75) is 58.8 Å². The lowest BCUT2D eigenvalue weighted by Crippen LogP contribution is -2.39. The van der Waals surface area contributed by atoms with E-state index in [1.807, 2.05) is 25.3 Å². The molecular formula is C20H27FN6O2. The van der Waals surface area contributed by atoms with Crippen molar-refractivity contribution in [3.63, 3.8) is 0 Å². The Morgan fingerprint density at radius 3 is 2.59 bits per heavy atom. The van der Waals surface area contributed by atoms with Crippen molar-refractivity contribution in [2.75, 3.05) is 10.6 Å². The Labute approximate surface area is 168 Å². The number of fused-ring (bicyclic) bond motifs is 1. The van der Waals surface area contributed by atoms with Gasteiger partial charge in [-0.25, -0.2) is 9.37 Å². The van der Waals surface area contributed by atoms with Crippen molar-refractivity contribution in [1.29, 1.82) is 0 Å². The number of phenols is 1. The van der Waals surface area contributed by atoms with Crippen molar-refractivity contribution >= 4 is 22.9 Å². The normalized spacial score (nSPS) is 13.1. The second-order valence-corrected chi connectivity index (χ2v) is 7.96. The number of aromatic nitrogens is 4. The minimum Gasteiger partial charge on any atom is -0.508 e. The van der Waals surface area contributed by atoms with Gasteiger partial charge in [-0.05, 0) is 52.8 Å². The van der Waals surface area contributed by atoms with E-state index in [0.29, 0.717) is 28.5 Å². The molecule has 1 aromatic carbocycles. The Hall–Kier alpha value is -2.94. The quantitative estimate of drug-likeness (QED) is 0.479. The number of aliphatic hydroxyl groups is 1. The van der Waals surface area contributed by atoms with E-state index in [9.17, 15) is 14.6 Å². The number of anilines is 2. The fourth-order valence-corrected chi connectivity index (χ4v) is 2.73. The Bertz CT molecular complexity index is 1010. The Morgan fingerprint density at radius 1 is 1.21 bits per heavy atom. The molecule has 0 aliphatic heterocycles. The highest BCUT2D eigenvalue weighted by Crippen LogP contribution is 2.26. The van der Waals surface area contributed by atoms with Crippen LogP contribution in [-0.4, -0.2) is 41.4 Å². The Kier molecular flexibility index (Phi) is 5.61. The lowest BCUT2D eigenvalue weighted by molar-refractivity contribution is 0.0646. The third kappa shape index (κ3) is 4.56. The van der Waals surface area contributed by atoms with Gasteiger partial charge in [0.1, 0.15) is 11.6 Å². The van der Waals surface area contributed by atoms with E-state index in [1.54, 1.807) is 20.2 Å². The third-order valence-corrected chi connectivity index (χ3v) is 4.87. The molecule has 2 aromatic heterocycles. The van der Waals surface area contributed by atoms with Crippen molar-refractivity contribution in [3.8, 4) is 5.75 Å². The average molecular weight is 402 g/mol. The van der Waals surface area contributed by atoms with Crippen LogP contribution in [0.3, 0.4) is 0 Å². The molecule has 1 atom stereocenters. The van der Waals surface area contributed by atoms with Crippen LogP contribution in [0.25, 0.3) is 11.2 Å². The predicted molar refractivity (Wildman–Crippen MR) is 110 cm³/mol. The van der Waals surface area contributed by atoms with Gasteiger partial charge in [0, 0.05) is 18.2 Å². The number of benzene rings is 1. The Morgan fingerprint density at radius 2 is 1.93 bits per heavy atom. The zero-order valence-corrected chi connectivity index (χ0v) is 17.2. The minimum atomic E-state index is -0.975. The zero-order chi connectivity index (χ0) is 21.3. The van der Waals surface area contributed by atoms with Crippen LogP contribution < -0.4 is 10.6 Å². The number of hydrogen-bond donors (Lipinski definition) is 4. The number of aromatic hydroxyl groups is 1. The smallest absolute Gasteiger partial charge is 0.227 e. The summed E-state index contributed by atoms with van der Waals surface area (Å²) in [5.74, 6) is 0.341. The van der Waals surface area contributed by atoms with Gasteiger partial charge >= 0.3 is 0 Å². The molecule has 29 heavy (non-hydrogen) atoms. The predicted octanol–water partition coefficient (Wildman–Crippen LogP) is 3.44. The van der Waals surface area contributed by atoms with Gasteiger partial charge in [-0.15, -0.1) is 0 Å². The van der Waals surface area contributed by atoms with Gasteiger partial charge in [0.2, 0.25) is 5.95 Å². The average Bonchev–Trinajstić information content (AvgIpc) is 3.05. The Balaban J connectivity index is 1.99. The summed E-state index contributed by atoms with van der Waals surface area (Å²) in [6.45, 7) is 9.44. The molecule has 0 fully saturated rings. The van der Waals surface area contributed by atoms with Gasteiger partial charge in [0.05, 0.1) is 18.0 Å². The van der Waals surface area contributed by atoms with Crippen LogP contribution in [0.15, 0.2) is 24.5 Å². The molecule has 4 N–H and O–H groups in total. The highest BCUT2D eigenvalue weighted by Gasteiger charge is 2.24. The summed E-state index contributed by atoms with van der Waals surface area (Å²) in [6, 6.07) is 3.60. The first kappa shape index (κ1) is 20.8. The molecule has 0 amide bonds. The van der Waals surface area contributed by atoms with Crippen molar-refractivity contribution in [1.82, 2.24) is 19.5 Å². The molecule has 1 unspecified atom stereocenters. The highest BCUT2D eigenvalue weighted by molar-refractivity contribution is 5.84. The molecule has 0 saturated heterocycles. The number of rotatable bonds is 7. The number of imidazole rings is 1. The molecule has 156 valence electrons. The van der Waals surface area contributed by atoms with Crippen LogP contribution in [0.5, 0.6) is 5.75 Å². The summed E-state index contributed by atoms with van der Waals surface area (Å²) < 4.78 is 15.4. The molecule has 0 saturated carbocycles. The summed E-state index contributed by atoms with van der Waals surface area (Å²) in [5, 5.41) is 26.4. The van der Waals surface area contributed by atoms with Crippen molar-refractivity contribution in [2.24, 2.45) is 0 Å². The zero-order valence-electron chi connectivity index (χ0n) is 17.2. The van der Waals surface area contributed by atoms with Gasteiger partial charge in [-0.1, -0.05) is 0 Å². The number of phenolic OH excluding ortho intramolecular Hbond substituents is 1. The summed E-state index contributed by atoms with van der Waals surface area (Å²) in [7, 11) is 0. The van der Waals surface area contributed by atoms with E-state index >= 15 is 0 Å². The fourth-order valence-electron chi connectivity index (χ4n) is 2.73. The molecule has 2 heterocycles. The molecule has 0 bridgehead atoms. The van der Waals surface area contributed by atoms with Gasteiger partial charge < -0.3 is 25.4 Å². The standard InChI is InChI=1S/C20H27FN6O2/c1-11(2)27-10-23-16-17(22-9-13-8-14(21)6-7-15(13)28)25-19(26-18(16)27)24-12(3)20(4,5)29/h6-8,10-12,28-29H,9H2,1-5H3,(H2,22,24,25,26). The first-order valence-electron chi connectivity index (χ1n) is 9.51. The monoisotopic (exact) mass is 402 g/mol. The SMILES string of the molecule is CC(C)n1cnc2c(NCc3cc(F)ccc3O)nc(NC(C)C(C)(C)O)nc21. The summed E-state index contributed by atoms with van der Waals surface area (Å²) in [5.41, 5.74) is 0.624. The second-order valence-electron chi connectivity index (χ2n) is 7.96. The van der Waals surface area contributed by atoms with Crippen LogP contribution >= 0.6 is 0 Å². The lowest BCUT2D eigenvalue weighted by Gasteiger charge is -2.26. The van der Waals surface area contributed by atoms with E-state index in [-0.39, 0.29) is 24.4 Å². The van der Waals surface area contributed by atoms with Gasteiger partial charge in [0.15, 0.2) is 17.0 Å². The lowest BCUT2D eigenvalue weighted by atomic mass is 10.0. The molecule has 3 rings (SSSR count). The van der Waals surface area contributed by atoms with Crippen LogP contribution in [0.1, 0.15) is 46.2 Å². The number of nitrogens with one attached hydrogen (secondary N) is 2. The molecule has 3 aromatic rings. The van der Waals surface area contributed by atoms with E-state index < -0.39 is 11.4 Å². The number of nitrogens with zero attached hydrogens (tertiary/aromatic N) is 4. The summed E-state index contributed by atoms with van der Waals surface area (Å²) in [4.78, 5) is 13.5. The second kappa shape index (κ2) is 7.82. The number of hydrogen-bond acceptors (Lipinski definition) is 7. The first-order valence-corrected chi connectivity index (χ1v) is 9.51. The van der Waals surface area contributed by atoms with Crippen molar-refractivity contribution in [3.05, 3.63) is 35.9 Å². The molecule has 0 spiro atoms. The van der Waals surface area contributed by atoms with E-state index in [1.165, 1.54) is 18.2 Å². The molecule has 9 heteroatoms. The molecule has 0 aliphatic rings. The molecular weight excluding hydrogens is 375 g/mol. The molecule has 0 radical (unpaired) electrons. The van der Waals surface area contributed by atoms with E-state index in [0.717, 1.165) is 0 Å². The van der Waals surface area contributed by atoms with Crippen LogP contribution in [0, 0.1) is 5.82 Å².